The first-order valence-electron chi connectivity index (χ1n) is 12.5. The van der Waals surface area contributed by atoms with Gasteiger partial charge in [0.2, 0.25) is 0 Å². The molecule has 6 heteroatoms. The molecule has 6 nitrogen and oxygen atoms in total. The molecule has 3 aliphatic rings. The number of carbonyl (C=O) groups excluding carboxylic acids is 3. The molecule has 1 aliphatic carbocycles. The first-order valence-corrected chi connectivity index (χ1v) is 12.5. The van der Waals surface area contributed by atoms with Gasteiger partial charge >= 0.3 is 0 Å². The minimum absolute atomic E-state index is 0.0664. The Balaban J connectivity index is 1.70. The number of benzene rings is 3. The highest BCUT2D eigenvalue weighted by molar-refractivity contribution is 6.31. The van der Waals surface area contributed by atoms with Crippen LogP contribution in [0, 0.1) is 10.8 Å². The minimum atomic E-state index is -1.54. The molecule has 0 amide bonds. The molecular weight excluding hydrogens is 464 g/mol. The standard InChI is InChI=1S/C31H28N2O4/c1-30(2,3)29(36)25-24(18-13-15-20(37-4)16-14-18)31(27(34)22-11-7-8-12-23(22)28(31)35)26-21-10-6-5-9-19(21)17-32-33(25)26/h5-17,24-26H,1-4H3/t24-,25+,26-/m0/s1. The number of ether oxygens (including phenoxy) is 1. The molecule has 0 radical (unpaired) electrons. The van der Waals surface area contributed by atoms with E-state index in [9.17, 15) is 14.4 Å². The number of Topliss-reactive ketones (excluding diaryl/α,β-unsaturated/α-hetero) is 3. The van der Waals surface area contributed by atoms with Crippen molar-refractivity contribution < 1.29 is 19.1 Å². The van der Waals surface area contributed by atoms with E-state index in [1.54, 1.807) is 42.6 Å². The smallest absolute Gasteiger partial charge is 0.180 e. The molecule has 0 saturated carbocycles. The third-order valence-electron chi connectivity index (χ3n) is 8.06. The summed E-state index contributed by atoms with van der Waals surface area (Å²) >= 11 is 0. The van der Waals surface area contributed by atoms with Crippen LogP contribution in [-0.2, 0) is 4.79 Å². The predicted octanol–water partition coefficient (Wildman–Crippen LogP) is 5.23. The number of fused-ring (bicyclic) bond motifs is 5. The molecule has 186 valence electrons. The van der Waals surface area contributed by atoms with Crippen LogP contribution < -0.4 is 4.74 Å². The molecular formula is C31H28N2O4. The summed E-state index contributed by atoms with van der Waals surface area (Å²) < 4.78 is 5.38. The van der Waals surface area contributed by atoms with Crippen LogP contribution in [0.3, 0.4) is 0 Å². The summed E-state index contributed by atoms with van der Waals surface area (Å²) in [7, 11) is 1.59. The summed E-state index contributed by atoms with van der Waals surface area (Å²) in [4.78, 5) is 43.4. The molecule has 1 spiro atoms. The number of hydrazone groups is 1. The number of carbonyl (C=O) groups is 3. The van der Waals surface area contributed by atoms with Gasteiger partial charge in [-0.1, -0.05) is 81.4 Å². The molecule has 37 heavy (non-hydrogen) atoms. The second-order valence-electron chi connectivity index (χ2n) is 11.0. The quantitative estimate of drug-likeness (QED) is 0.468. The van der Waals surface area contributed by atoms with Gasteiger partial charge in [0.1, 0.15) is 17.2 Å². The largest absolute Gasteiger partial charge is 0.497 e. The highest BCUT2D eigenvalue weighted by atomic mass is 16.5. The highest BCUT2D eigenvalue weighted by Crippen LogP contribution is 2.65. The van der Waals surface area contributed by atoms with Gasteiger partial charge in [-0.05, 0) is 28.8 Å². The van der Waals surface area contributed by atoms with E-state index in [1.165, 1.54) is 0 Å². The Labute approximate surface area is 215 Å². The van der Waals surface area contributed by atoms with Gasteiger partial charge < -0.3 is 4.74 Å². The van der Waals surface area contributed by atoms with Crippen molar-refractivity contribution in [3.8, 4) is 5.75 Å². The molecule has 0 N–H and O–H groups in total. The maximum atomic E-state index is 14.6. The number of rotatable bonds is 3. The van der Waals surface area contributed by atoms with Crippen molar-refractivity contribution in [2.24, 2.45) is 15.9 Å². The van der Waals surface area contributed by atoms with Gasteiger partial charge in [-0.2, -0.15) is 5.10 Å². The molecule has 3 aromatic rings. The molecule has 2 heterocycles. The Morgan fingerprint density at radius 2 is 1.49 bits per heavy atom. The van der Waals surface area contributed by atoms with E-state index in [-0.39, 0.29) is 17.3 Å². The molecule has 6 rings (SSSR count). The Morgan fingerprint density at radius 1 is 0.892 bits per heavy atom. The average molecular weight is 493 g/mol. The van der Waals surface area contributed by atoms with Gasteiger partial charge in [-0.25, -0.2) is 0 Å². The summed E-state index contributed by atoms with van der Waals surface area (Å²) in [6.45, 7) is 5.61. The van der Waals surface area contributed by atoms with Crippen LogP contribution in [0.15, 0.2) is 77.9 Å². The second kappa shape index (κ2) is 7.97. The molecule has 3 atom stereocenters. The number of hydrogen-bond donors (Lipinski definition) is 0. The zero-order valence-corrected chi connectivity index (χ0v) is 21.3. The zero-order valence-electron chi connectivity index (χ0n) is 21.3. The summed E-state index contributed by atoms with van der Waals surface area (Å²) in [6.07, 6.45) is 1.73. The van der Waals surface area contributed by atoms with Gasteiger partial charge in [0, 0.05) is 22.5 Å². The lowest BCUT2D eigenvalue weighted by Crippen LogP contribution is -2.45. The Bertz CT molecular complexity index is 1450. The third-order valence-corrected chi connectivity index (χ3v) is 8.06. The van der Waals surface area contributed by atoms with Crippen LogP contribution in [0.2, 0.25) is 0 Å². The van der Waals surface area contributed by atoms with Crippen LogP contribution in [0.4, 0.5) is 0 Å². The average Bonchev–Trinajstić information content (AvgIpc) is 3.34. The number of ketones is 3. The number of nitrogens with zero attached hydrogens (tertiary/aromatic N) is 2. The van der Waals surface area contributed by atoms with Crippen molar-refractivity contribution in [2.45, 2.75) is 38.8 Å². The van der Waals surface area contributed by atoms with Gasteiger partial charge in [-0.15, -0.1) is 0 Å². The molecule has 3 aromatic carbocycles. The van der Waals surface area contributed by atoms with E-state index >= 15 is 0 Å². The topological polar surface area (TPSA) is 76.0 Å². The van der Waals surface area contributed by atoms with E-state index < -0.39 is 28.8 Å². The van der Waals surface area contributed by atoms with Crippen LogP contribution >= 0.6 is 0 Å². The van der Waals surface area contributed by atoms with Crippen molar-refractivity contribution in [1.29, 1.82) is 0 Å². The lowest BCUT2D eigenvalue weighted by Gasteiger charge is -2.36. The number of hydrogen-bond acceptors (Lipinski definition) is 6. The van der Waals surface area contributed by atoms with Crippen molar-refractivity contribution >= 4 is 23.6 Å². The van der Waals surface area contributed by atoms with E-state index in [0.717, 1.165) is 16.7 Å². The van der Waals surface area contributed by atoms with Crippen LogP contribution in [-0.4, -0.2) is 41.7 Å². The molecule has 1 fully saturated rings. The fraction of sp³-hybridized carbons (Fsp3) is 0.290. The summed E-state index contributed by atoms with van der Waals surface area (Å²) in [5.74, 6) is -0.655. The number of methoxy groups -OCH3 is 1. The molecule has 0 bridgehead atoms. The fourth-order valence-electron chi connectivity index (χ4n) is 6.40. The maximum Gasteiger partial charge on any atom is 0.180 e. The monoisotopic (exact) mass is 492 g/mol. The minimum Gasteiger partial charge on any atom is -0.497 e. The van der Waals surface area contributed by atoms with Gasteiger partial charge in [0.25, 0.3) is 0 Å². The summed E-state index contributed by atoms with van der Waals surface area (Å²) in [5.41, 5.74) is 0.947. The Kier molecular flexibility index (Phi) is 5.03. The zero-order chi connectivity index (χ0) is 26.1. The fourth-order valence-corrected chi connectivity index (χ4v) is 6.40. The molecule has 0 aromatic heterocycles. The predicted molar refractivity (Wildman–Crippen MR) is 140 cm³/mol. The van der Waals surface area contributed by atoms with Gasteiger partial charge in [0.15, 0.2) is 17.3 Å². The lowest BCUT2D eigenvalue weighted by molar-refractivity contribution is -0.131. The second-order valence-corrected chi connectivity index (χ2v) is 11.0. The molecule has 1 saturated heterocycles. The SMILES string of the molecule is COc1ccc([C@H]2[C@H](C(=O)C(C)(C)C)N3N=Cc4ccccc4[C@H]3C23C(=O)c2ccccc2C3=O)cc1. The third kappa shape index (κ3) is 3.05. The Morgan fingerprint density at radius 3 is 2.08 bits per heavy atom. The summed E-state index contributed by atoms with van der Waals surface area (Å²) in [6, 6.07) is 20.5. The molecule has 2 aliphatic heterocycles. The molecule has 0 unspecified atom stereocenters. The van der Waals surface area contributed by atoms with E-state index in [4.69, 9.17) is 9.84 Å². The van der Waals surface area contributed by atoms with Crippen molar-refractivity contribution in [2.75, 3.05) is 7.11 Å². The van der Waals surface area contributed by atoms with Crippen LogP contribution in [0.1, 0.15) is 70.1 Å². The van der Waals surface area contributed by atoms with Crippen molar-refractivity contribution in [3.05, 3.63) is 101 Å². The van der Waals surface area contributed by atoms with E-state index in [1.807, 2.05) is 69.3 Å². The van der Waals surface area contributed by atoms with Crippen molar-refractivity contribution in [3.63, 3.8) is 0 Å². The normalized spacial score (nSPS) is 23.1. The van der Waals surface area contributed by atoms with Gasteiger partial charge in [-0.3, -0.25) is 19.4 Å². The van der Waals surface area contributed by atoms with E-state index in [2.05, 4.69) is 0 Å². The highest BCUT2D eigenvalue weighted by Gasteiger charge is 2.73. The lowest BCUT2D eigenvalue weighted by atomic mass is 9.62. The summed E-state index contributed by atoms with van der Waals surface area (Å²) in [5, 5.41) is 6.51. The van der Waals surface area contributed by atoms with Crippen LogP contribution in [0.5, 0.6) is 5.75 Å². The Hall–Kier alpha value is -4.06. The van der Waals surface area contributed by atoms with Crippen molar-refractivity contribution in [1.82, 2.24) is 5.01 Å². The van der Waals surface area contributed by atoms with Crippen LogP contribution in [0.25, 0.3) is 0 Å². The van der Waals surface area contributed by atoms with Gasteiger partial charge in [0.05, 0.1) is 19.4 Å². The first-order chi connectivity index (χ1) is 17.7. The van der Waals surface area contributed by atoms with E-state index in [0.29, 0.717) is 16.9 Å². The maximum absolute atomic E-state index is 14.6. The first kappa shape index (κ1) is 23.3.